The van der Waals surface area contributed by atoms with Crippen LogP contribution in [0.3, 0.4) is 0 Å². The number of nitrogens with one attached hydrogen (secondary N) is 1. The number of thiophene rings is 1. The van der Waals surface area contributed by atoms with Gasteiger partial charge in [-0.25, -0.2) is 4.79 Å². The smallest absolute Gasteiger partial charge is 0.310 e. The van der Waals surface area contributed by atoms with Crippen LogP contribution in [0.1, 0.15) is 62.8 Å². The minimum Gasteiger partial charge on any atom is -0.310 e. The molecule has 35 heavy (non-hydrogen) atoms. The lowest BCUT2D eigenvalue weighted by Gasteiger charge is -2.31. The van der Waals surface area contributed by atoms with E-state index in [1.165, 1.54) is 50.5 Å². The number of aryl methyl sites for hydroxylation is 4. The number of benzene rings is 2. The van der Waals surface area contributed by atoms with Crippen LogP contribution in [-0.2, 0) is 19.4 Å². The minimum absolute atomic E-state index is 0.0600. The largest absolute Gasteiger partial charge is 0.322 e. The fraction of sp³-hybridized carbons (Fsp3) is 0.300. The van der Waals surface area contributed by atoms with E-state index < -0.39 is 0 Å². The molecule has 0 spiro atoms. The molecule has 1 atom stereocenters. The van der Waals surface area contributed by atoms with E-state index in [0.717, 1.165) is 29.8 Å². The molecule has 178 valence electrons. The highest BCUT2D eigenvalue weighted by Gasteiger charge is 2.36. The lowest BCUT2D eigenvalue weighted by Crippen LogP contribution is -2.38. The maximum atomic E-state index is 14.0. The summed E-state index contributed by atoms with van der Waals surface area (Å²) >= 11 is 1.92. The third kappa shape index (κ3) is 3.88. The Morgan fingerprint density at radius 1 is 0.943 bits per heavy atom. The van der Waals surface area contributed by atoms with Gasteiger partial charge in [0.2, 0.25) is 0 Å². The predicted octanol–water partition coefficient (Wildman–Crippen LogP) is 7.48. The molecule has 0 unspecified atom stereocenters. The van der Waals surface area contributed by atoms with Crippen LogP contribution in [0.5, 0.6) is 0 Å². The molecule has 0 bridgehead atoms. The second kappa shape index (κ2) is 8.72. The third-order valence-electron chi connectivity index (χ3n) is 7.59. The van der Waals surface area contributed by atoms with Crippen molar-refractivity contribution in [2.24, 2.45) is 0 Å². The van der Waals surface area contributed by atoms with Crippen molar-refractivity contribution in [3.8, 4) is 5.00 Å². The van der Waals surface area contributed by atoms with E-state index in [1.807, 2.05) is 22.3 Å². The van der Waals surface area contributed by atoms with Gasteiger partial charge >= 0.3 is 6.03 Å². The van der Waals surface area contributed by atoms with Crippen molar-refractivity contribution in [3.63, 3.8) is 0 Å². The van der Waals surface area contributed by atoms with Crippen LogP contribution >= 0.6 is 11.3 Å². The Morgan fingerprint density at radius 3 is 2.54 bits per heavy atom. The molecule has 0 fully saturated rings. The highest BCUT2D eigenvalue weighted by atomic mass is 32.1. The van der Waals surface area contributed by atoms with E-state index in [-0.39, 0.29) is 12.1 Å². The molecule has 2 aromatic carbocycles. The molecule has 1 aliphatic carbocycles. The van der Waals surface area contributed by atoms with Gasteiger partial charge in [0, 0.05) is 22.3 Å². The van der Waals surface area contributed by atoms with Crippen LogP contribution in [0.25, 0.3) is 5.00 Å². The number of amides is 2. The van der Waals surface area contributed by atoms with E-state index in [0.29, 0.717) is 6.54 Å². The van der Waals surface area contributed by atoms with E-state index in [9.17, 15) is 4.79 Å². The number of aromatic nitrogens is 1. The summed E-state index contributed by atoms with van der Waals surface area (Å²) in [5.41, 5.74) is 9.54. The van der Waals surface area contributed by atoms with Gasteiger partial charge in [-0.3, -0.25) is 0 Å². The standard InChI is InChI=1S/C30H31N3OS/c1-19-10-13-22(14-11-19)28-26-8-6-16-32(26)29-25(24-7-4-5-9-27(24)35-29)18-33(28)30(34)31-23-15-12-20(2)21(3)17-23/h6,8,10-17,28H,4-5,7,9,18H2,1-3H3,(H,31,34)/t28-/m1/s1. The average Bonchev–Trinajstić information content (AvgIpc) is 3.44. The monoisotopic (exact) mass is 481 g/mol. The quantitative estimate of drug-likeness (QED) is 0.317. The fourth-order valence-electron chi connectivity index (χ4n) is 5.50. The molecule has 0 saturated carbocycles. The highest BCUT2D eigenvalue weighted by molar-refractivity contribution is 7.15. The van der Waals surface area contributed by atoms with Crippen molar-refractivity contribution < 1.29 is 4.79 Å². The molecule has 6 rings (SSSR count). The first-order valence-corrected chi connectivity index (χ1v) is 13.3. The van der Waals surface area contributed by atoms with Crippen LogP contribution in [0.15, 0.2) is 60.8 Å². The molecule has 5 heteroatoms. The van der Waals surface area contributed by atoms with Crippen LogP contribution < -0.4 is 5.32 Å². The zero-order valence-electron chi connectivity index (χ0n) is 20.6. The second-order valence-electron chi connectivity index (χ2n) is 9.97. The topological polar surface area (TPSA) is 37.3 Å². The van der Waals surface area contributed by atoms with Crippen molar-refractivity contribution >= 4 is 23.1 Å². The Bertz CT molecular complexity index is 1410. The van der Waals surface area contributed by atoms with Gasteiger partial charge in [0.05, 0.1) is 18.3 Å². The lowest BCUT2D eigenvalue weighted by molar-refractivity contribution is 0.194. The summed E-state index contributed by atoms with van der Waals surface area (Å²) in [5, 5.41) is 4.51. The van der Waals surface area contributed by atoms with E-state index in [1.54, 1.807) is 0 Å². The highest BCUT2D eigenvalue weighted by Crippen LogP contribution is 2.44. The number of nitrogens with zero attached hydrogens (tertiary/aromatic N) is 2. The zero-order chi connectivity index (χ0) is 24.1. The molecule has 0 radical (unpaired) electrons. The molecular formula is C30H31N3OS. The average molecular weight is 482 g/mol. The summed E-state index contributed by atoms with van der Waals surface area (Å²) in [5.74, 6) is 0. The van der Waals surface area contributed by atoms with Gasteiger partial charge < -0.3 is 14.8 Å². The van der Waals surface area contributed by atoms with Crippen LogP contribution in [-0.4, -0.2) is 15.5 Å². The summed E-state index contributed by atoms with van der Waals surface area (Å²) in [6, 6.07) is 18.8. The first kappa shape index (κ1) is 22.2. The summed E-state index contributed by atoms with van der Waals surface area (Å²) in [4.78, 5) is 17.6. The molecule has 2 amide bonds. The molecule has 3 heterocycles. The first-order chi connectivity index (χ1) is 17.0. The third-order valence-corrected chi connectivity index (χ3v) is 8.92. The van der Waals surface area contributed by atoms with E-state index in [2.05, 4.69) is 85.4 Å². The van der Waals surface area contributed by atoms with Gasteiger partial charge in [0.1, 0.15) is 5.00 Å². The van der Waals surface area contributed by atoms with Crippen molar-refractivity contribution in [3.05, 3.63) is 105 Å². The summed E-state index contributed by atoms with van der Waals surface area (Å²) in [7, 11) is 0. The normalized spacial score (nSPS) is 16.8. The van der Waals surface area contributed by atoms with Crippen molar-refractivity contribution in [1.82, 2.24) is 9.47 Å². The van der Waals surface area contributed by atoms with Crippen LogP contribution in [0.4, 0.5) is 10.5 Å². The fourth-order valence-corrected chi connectivity index (χ4v) is 6.90. The molecule has 1 N–H and O–H groups in total. The van der Waals surface area contributed by atoms with Crippen molar-refractivity contribution in [1.29, 1.82) is 0 Å². The van der Waals surface area contributed by atoms with E-state index >= 15 is 0 Å². The number of anilines is 1. The Hall–Kier alpha value is -3.31. The molecule has 4 nitrogen and oxygen atoms in total. The Morgan fingerprint density at radius 2 is 1.74 bits per heavy atom. The van der Waals surface area contributed by atoms with Gasteiger partial charge in [-0.15, -0.1) is 11.3 Å². The maximum absolute atomic E-state index is 14.0. The molecule has 2 aliphatic rings. The van der Waals surface area contributed by atoms with Gasteiger partial charge in [-0.05, 0) is 93.0 Å². The SMILES string of the molecule is Cc1ccc([C@@H]2c3cccn3-c3sc4c(c3CN2C(=O)Nc2ccc(C)c(C)c2)CCCC4)cc1. The molecule has 0 saturated heterocycles. The number of hydrogen-bond donors (Lipinski definition) is 1. The number of hydrogen-bond acceptors (Lipinski definition) is 2. The summed E-state index contributed by atoms with van der Waals surface area (Å²) in [6.45, 7) is 6.90. The zero-order valence-corrected chi connectivity index (χ0v) is 21.4. The predicted molar refractivity (Wildman–Crippen MR) is 144 cm³/mol. The molecular weight excluding hydrogens is 450 g/mol. The Balaban J connectivity index is 1.48. The summed E-state index contributed by atoms with van der Waals surface area (Å²) < 4.78 is 2.34. The second-order valence-corrected chi connectivity index (χ2v) is 11.1. The van der Waals surface area contributed by atoms with Crippen molar-refractivity contribution in [2.45, 2.75) is 59.0 Å². The maximum Gasteiger partial charge on any atom is 0.322 e. The number of carbonyl (C=O) groups is 1. The van der Waals surface area contributed by atoms with Crippen LogP contribution in [0.2, 0.25) is 0 Å². The van der Waals surface area contributed by atoms with Gasteiger partial charge in [-0.1, -0.05) is 35.9 Å². The Kier molecular flexibility index (Phi) is 5.53. The number of urea groups is 1. The summed E-state index contributed by atoms with van der Waals surface area (Å²) in [6.07, 6.45) is 6.92. The number of fused-ring (bicyclic) bond motifs is 5. The van der Waals surface area contributed by atoms with Gasteiger partial charge in [0.25, 0.3) is 0 Å². The number of rotatable bonds is 2. The van der Waals surface area contributed by atoms with Gasteiger partial charge in [-0.2, -0.15) is 0 Å². The molecule has 1 aliphatic heterocycles. The van der Waals surface area contributed by atoms with Crippen LogP contribution in [0, 0.1) is 20.8 Å². The Labute approximate surface area is 211 Å². The lowest BCUT2D eigenvalue weighted by atomic mass is 9.95. The minimum atomic E-state index is -0.170. The number of carbonyl (C=O) groups excluding carboxylic acids is 1. The molecule has 2 aromatic heterocycles. The van der Waals surface area contributed by atoms with E-state index in [4.69, 9.17) is 0 Å². The molecule has 4 aromatic rings. The first-order valence-electron chi connectivity index (χ1n) is 12.5. The van der Waals surface area contributed by atoms with Crippen molar-refractivity contribution in [2.75, 3.05) is 5.32 Å². The van der Waals surface area contributed by atoms with Gasteiger partial charge in [0.15, 0.2) is 0 Å².